The van der Waals surface area contributed by atoms with Crippen molar-refractivity contribution in [1.82, 2.24) is 4.90 Å². The molecule has 1 aliphatic heterocycles. The molecule has 1 spiro atoms. The third kappa shape index (κ3) is 3.45. The maximum atomic E-state index is 12.4. The summed E-state index contributed by atoms with van der Waals surface area (Å²) in [7, 11) is 0. The standard InChI is InChI=1S/C19H28N2O/c20-17-7-3-2-6-16(17)8-9-18(22)21-14-12-19(13-15-21)10-4-1-5-11-19/h2-3,6-7H,1,4-5,8-15,20H2. The van der Waals surface area contributed by atoms with Crippen LogP contribution in [0.5, 0.6) is 0 Å². The van der Waals surface area contributed by atoms with Crippen molar-refractivity contribution in [2.24, 2.45) is 5.41 Å². The second-order valence-electron chi connectivity index (χ2n) is 7.14. The van der Waals surface area contributed by atoms with Crippen LogP contribution in [0.1, 0.15) is 56.9 Å². The van der Waals surface area contributed by atoms with Crippen molar-refractivity contribution in [3.05, 3.63) is 29.8 Å². The molecule has 3 rings (SSSR count). The van der Waals surface area contributed by atoms with Crippen LogP contribution in [0.25, 0.3) is 0 Å². The van der Waals surface area contributed by atoms with Gasteiger partial charge in [0.05, 0.1) is 0 Å². The zero-order valence-corrected chi connectivity index (χ0v) is 13.5. The number of carbonyl (C=O) groups is 1. The van der Waals surface area contributed by atoms with Crippen LogP contribution >= 0.6 is 0 Å². The highest BCUT2D eigenvalue weighted by molar-refractivity contribution is 5.76. The molecule has 1 aromatic rings. The lowest BCUT2D eigenvalue weighted by Gasteiger charge is -2.44. The molecule has 1 aliphatic carbocycles. The van der Waals surface area contributed by atoms with E-state index in [0.717, 1.165) is 30.8 Å². The first-order valence-electron chi connectivity index (χ1n) is 8.80. The van der Waals surface area contributed by atoms with Gasteiger partial charge in [-0.3, -0.25) is 4.79 Å². The van der Waals surface area contributed by atoms with E-state index in [4.69, 9.17) is 5.73 Å². The van der Waals surface area contributed by atoms with Crippen molar-refractivity contribution in [2.45, 2.75) is 57.8 Å². The van der Waals surface area contributed by atoms with Crippen molar-refractivity contribution in [3.8, 4) is 0 Å². The number of piperidine rings is 1. The Hall–Kier alpha value is -1.51. The van der Waals surface area contributed by atoms with Crippen LogP contribution in [0.15, 0.2) is 24.3 Å². The highest BCUT2D eigenvalue weighted by atomic mass is 16.2. The molecule has 0 radical (unpaired) electrons. The van der Waals surface area contributed by atoms with Gasteiger partial charge in [0.2, 0.25) is 5.91 Å². The Kier molecular flexibility index (Phi) is 4.70. The largest absolute Gasteiger partial charge is 0.399 e. The first-order valence-corrected chi connectivity index (χ1v) is 8.80. The lowest BCUT2D eigenvalue weighted by atomic mass is 9.68. The van der Waals surface area contributed by atoms with Gasteiger partial charge in [-0.05, 0) is 49.1 Å². The molecule has 2 N–H and O–H groups in total. The number of aryl methyl sites for hydroxylation is 1. The van der Waals surface area contributed by atoms with Gasteiger partial charge in [0, 0.05) is 25.2 Å². The Bertz CT molecular complexity index is 510. The average Bonchev–Trinajstić information content (AvgIpc) is 2.55. The molecule has 1 aromatic carbocycles. The molecular weight excluding hydrogens is 272 g/mol. The third-order valence-corrected chi connectivity index (χ3v) is 5.75. The Labute approximate surface area is 133 Å². The number of rotatable bonds is 3. The molecule has 22 heavy (non-hydrogen) atoms. The van der Waals surface area contributed by atoms with Crippen LogP contribution in [0.3, 0.4) is 0 Å². The first kappa shape index (κ1) is 15.4. The molecule has 0 unspecified atom stereocenters. The topological polar surface area (TPSA) is 46.3 Å². The Balaban J connectivity index is 1.49. The zero-order valence-electron chi connectivity index (χ0n) is 13.5. The van der Waals surface area contributed by atoms with Crippen LogP contribution in [-0.2, 0) is 11.2 Å². The number of carbonyl (C=O) groups excluding carboxylic acids is 1. The van der Waals surface area contributed by atoms with Gasteiger partial charge in [-0.25, -0.2) is 0 Å². The number of nitrogens with zero attached hydrogens (tertiary/aromatic N) is 1. The molecule has 2 fully saturated rings. The van der Waals surface area contributed by atoms with Crippen LogP contribution < -0.4 is 5.73 Å². The number of para-hydroxylation sites is 1. The molecule has 1 saturated carbocycles. The van der Waals surface area contributed by atoms with Crippen molar-refractivity contribution in [3.63, 3.8) is 0 Å². The number of anilines is 1. The lowest BCUT2D eigenvalue weighted by molar-refractivity contribution is -0.133. The Morgan fingerprint density at radius 3 is 2.41 bits per heavy atom. The molecule has 1 saturated heterocycles. The first-order chi connectivity index (χ1) is 10.7. The van der Waals surface area contributed by atoms with Crippen LogP contribution in [0, 0.1) is 5.41 Å². The van der Waals surface area contributed by atoms with Gasteiger partial charge in [0.15, 0.2) is 0 Å². The van der Waals surface area contributed by atoms with Gasteiger partial charge in [0.25, 0.3) is 0 Å². The van der Waals surface area contributed by atoms with E-state index in [1.165, 1.54) is 44.9 Å². The normalized spacial score (nSPS) is 21.0. The van der Waals surface area contributed by atoms with E-state index in [1.54, 1.807) is 0 Å². The van der Waals surface area contributed by atoms with Crippen LogP contribution in [-0.4, -0.2) is 23.9 Å². The molecule has 1 amide bonds. The molecule has 0 aromatic heterocycles. The van der Waals surface area contributed by atoms with E-state index in [0.29, 0.717) is 17.7 Å². The van der Waals surface area contributed by atoms with Crippen molar-refractivity contribution >= 4 is 11.6 Å². The number of nitrogens with two attached hydrogens (primary N) is 1. The van der Waals surface area contributed by atoms with Gasteiger partial charge in [-0.1, -0.05) is 37.5 Å². The smallest absolute Gasteiger partial charge is 0.222 e. The number of amides is 1. The van der Waals surface area contributed by atoms with Gasteiger partial charge in [-0.2, -0.15) is 0 Å². The molecule has 0 bridgehead atoms. The fourth-order valence-corrected chi connectivity index (χ4v) is 4.19. The van der Waals surface area contributed by atoms with E-state index < -0.39 is 0 Å². The van der Waals surface area contributed by atoms with E-state index in [-0.39, 0.29) is 0 Å². The van der Waals surface area contributed by atoms with E-state index in [9.17, 15) is 4.79 Å². The highest BCUT2D eigenvalue weighted by Gasteiger charge is 2.36. The fraction of sp³-hybridized carbons (Fsp3) is 0.632. The Morgan fingerprint density at radius 2 is 1.73 bits per heavy atom. The van der Waals surface area contributed by atoms with Gasteiger partial charge >= 0.3 is 0 Å². The third-order valence-electron chi connectivity index (χ3n) is 5.75. The maximum absolute atomic E-state index is 12.4. The molecule has 3 heteroatoms. The second kappa shape index (κ2) is 6.72. The summed E-state index contributed by atoms with van der Waals surface area (Å²) in [5.74, 6) is 0.300. The fourth-order valence-electron chi connectivity index (χ4n) is 4.19. The van der Waals surface area contributed by atoms with Gasteiger partial charge in [-0.15, -0.1) is 0 Å². The summed E-state index contributed by atoms with van der Waals surface area (Å²) in [5, 5.41) is 0. The van der Waals surface area contributed by atoms with Gasteiger partial charge < -0.3 is 10.6 Å². The van der Waals surface area contributed by atoms with E-state index in [2.05, 4.69) is 4.90 Å². The minimum absolute atomic E-state index is 0.300. The number of benzene rings is 1. The number of hydrogen-bond donors (Lipinski definition) is 1. The summed E-state index contributed by atoms with van der Waals surface area (Å²) in [6.07, 6.45) is 10.7. The highest BCUT2D eigenvalue weighted by Crippen LogP contribution is 2.44. The minimum Gasteiger partial charge on any atom is -0.399 e. The van der Waals surface area contributed by atoms with Crippen molar-refractivity contribution < 1.29 is 4.79 Å². The predicted molar refractivity (Wildman–Crippen MR) is 90.5 cm³/mol. The SMILES string of the molecule is Nc1ccccc1CCC(=O)N1CCC2(CCCCC2)CC1. The molecule has 3 nitrogen and oxygen atoms in total. The second-order valence-corrected chi connectivity index (χ2v) is 7.14. The number of nitrogen functional groups attached to an aromatic ring is 1. The van der Waals surface area contributed by atoms with Crippen LogP contribution in [0.4, 0.5) is 5.69 Å². The summed E-state index contributed by atoms with van der Waals surface area (Å²) < 4.78 is 0. The molecule has 120 valence electrons. The molecule has 1 heterocycles. The Morgan fingerprint density at radius 1 is 1.05 bits per heavy atom. The zero-order chi connectivity index (χ0) is 15.4. The average molecular weight is 300 g/mol. The van der Waals surface area contributed by atoms with Crippen molar-refractivity contribution in [2.75, 3.05) is 18.8 Å². The minimum atomic E-state index is 0.300. The summed E-state index contributed by atoms with van der Waals surface area (Å²) in [6, 6.07) is 7.86. The predicted octanol–water partition coefficient (Wildman–Crippen LogP) is 3.77. The summed E-state index contributed by atoms with van der Waals surface area (Å²) in [4.78, 5) is 14.5. The lowest BCUT2D eigenvalue weighted by Crippen LogP contribution is -2.44. The summed E-state index contributed by atoms with van der Waals surface area (Å²) in [6.45, 7) is 1.92. The summed E-state index contributed by atoms with van der Waals surface area (Å²) in [5.41, 5.74) is 8.42. The van der Waals surface area contributed by atoms with Crippen molar-refractivity contribution in [1.29, 1.82) is 0 Å². The maximum Gasteiger partial charge on any atom is 0.222 e. The summed E-state index contributed by atoms with van der Waals surface area (Å²) >= 11 is 0. The number of hydrogen-bond acceptors (Lipinski definition) is 2. The quantitative estimate of drug-likeness (QED) is 0.864. The van der Waals surface area contributed by atoms with E-state index in [1.807, 2.05) is 24.3 Å². The van der Waals surface area contributed by atoms with Crippen LogP contribution in [0.2, 0.25) is 0 Å². The number of likely N-dealkylation sites (tertiary alicyclic amines) is 1. The molecular formula is C19H28N2O. The van der Waals surface area contributed by atoms with E-state index >= 15 is 0 Å². The monoisotopic (exact) mass is 300 g/mol. The molecule has 2 aliphatic rings. The van der Waals surface area contributed by atoms with Gasteiger partial charge in [0.1, 0.15) is 0 Å². The molecule has 0 atom stereocenters.